The number of benzene rings is 1. The smallest absolute Gasteiger partial charge is 0.314 e. The van der Waals surface area contributed by atoms with E-state index in [-0.39, 0.29) is 5.92 Å². The SMILES string of the molecule is C[C@@H]1CC[C@@]1(C(=O)O)c1ccccc1. The van der Waals surface area contributed by atoms with Crippen LogP contribution >= 0.6 is 0 Å². The molecular formula is C12H14O2. The number of carboxylic acid groups (broad SMARTS) is 1. The Labute approximate surface area is 83.6 Å². The Morgan fingerprint density at radius 1 is 1.43 bits per heavy atom. The molecule has 2 heteroatoms. The fourth-order valence-electron chi connectivity index (χ4n) is 2.33. The van der Waals surface area contributed by atoms with E-state index in [1.54, 1.807) is 0 Å². The molecule has 0 radical (unpaired) electrons. The van der Waals surface area contributed by atoms with Gasteiger partial charge in [-0.15, -0.1) is 0 Å². The lowest BCUT2D eigenvalue weighted by Crippen LogP contribution is -2.49. The highest BCUT2D eigenvalue weighted by atomic mass is 16.4. The first-order valence-electron chi connectivity index (χ1n) is 4.97. The molecule has 0 amide bonds. The fourth-order valence-corrected chi connectivity index (χ4v) is 2.33. The van der Waals surface area contributed by atoms with E-state index in [4.69, 9.17) is 0 Å². The number of hydrogen-bond acceptors (Lipinski definition) is 1. The molecule has 0 bridgehead atoms. The van der Waals surface area contributed by atoms with Gasteiger partial charge in [0, 0.05) is 0 Å². The molecule has 1 fully saturated rings. The Balaban J connectivity index is 2.43. The summed E-state index contributed by atoms with van der Waals surface area (Å²) in [6.45, 7) is 2.02. The van der Waals surface area contributed by atoms with Crippen molar-refractivity contribution in [3.63, 3.8) is 0 Å². The molecule has 0 aliphatic heterocycles. The molecule has 0 spiro atoms. The van der Waals surface area contributed by atoms with Crippen molar-refractivity contribution in [2.24, 2.45) is 5.92 Å². The monoisotopic (exact) mass is 190 g/mol. The Kier molecular flexibility index (Phi) is 2.06. The van der Waals surface area contributed by atoms with Crippen molar-refractivity contribution in [3.8, 4) is 0 Å². The second-order valence-corrected chi connectivity index (χ2v) is 4.08. The van der Waals surface area contributed by atoms with Crippen LogP contribution in [-0.2, 0) is 10.2 Å². The van der Waals surface area contributed by atoms with E-state index in [0.717, 1.165) is 18.4 Å². The van der Waals surface area contributed by atoms with Crippen LogP contribution in [-0.4, -0.2) is 11.1 Å². The largest absolute Gasteiger partial charge is 0.481 e. The molecular weight excluding hydrogens is 176 g/mol. The molecule has 1 saturated carbocycles. The molecule has 2 rings (SSSR count). The fraction of sp³-hybridized carbons (Fsp3) is 0.417. The van der Waals surface area contributed by atoms with Gasteiger partial charge < -0.3 is 5.11 Å². The van der Waals surface area contributed by atoms with E-state index in [9.17, 15) is 9.90 Å². The van der Waals surface area contributed by atoms with Crippen LogP contribution in [0.2, 0.25) is 0 Å². The molecule has 0 unspecified atom stereocenters. The van der Waals surface area contributed by atoms with Crippen LogP contribution < -0.4 is 0 Å². The summed E-state index contributed by atoms with van der Waals surface area (Å²) < 4.78 is 0. The first-order valence-corrected chi connectivity index (χ1v) is 4.97. The lowest BCUT2D eigenvalue weighted by molar-refractivity contribution is -0.151. The van der Waals surface area contributed by atoms with Crippen molar-refractivity contribution in [2.45, 2.75) is 25.2 Å². The minimum atomic E-state index is -0.678. The van der Waals surface area contributed by atoms with E-state index in [2.05, 4.69) is 0 Å². The van der Waals surface area contributed by atoms with Gasteiger partial charge in [-0.2, -0.15) is 0 Å². The number of rotatable bonds is 2. The molecule has 0 aromatic heterocycles. The molecule has 1 aliphatic rings. The highest BCUT2D eigenvalue weighted by molar-refractivity contribution is 5.83. The summed E-state index contributed by atoms with van der Waals surface area (Å²) in [5.41, 5.74) is 0.340. The van der Waals surface area contributed by atoms with E-state index in [1.165, 1.54) is 0 Å². The van der Waals surface area contributed by atoms with Crippen LogP contribution in [0.4, 0.5) is 0 Å². The zero-order chi connectivity index (χ0) is 10.2. The molecule has 74 valence electrons. The Morgan fingerprint density at radius 3 is 2.43 bits per heavy atom. The second kappa shape index (κ2) is 3.12. The molecule has 1 aromatic carbocycles. The van der Waals surface area contributed by atoms with Crippen molar-refractivity contribution in [1.82, 2.24) is 0 Å². The quantitative estimate of drug-likeness (QED) is 0.777. The van der Waals surface area contributed by atoms with Gasteiger partial charge in [-0.05, 0) is 24.3 Å². The second-order valence-electron chi connectivity index (χ2n) is 4.08. The number of carboxylic acids is 1. The van der Waals surface area contributed by atoms with Gasteiger partial charge in [-0.25, -0.2) is 0 Å². The van der Waals surface area contributed by atoms with Gasteiger partial charge >= 0.3 is 5.97 Å². The van der Waals surface area contributed by atoms with Crippen LogP contribution in [0.1, 0.15) is 25.3 Å². The van der Waals surface area contributed by atoms with Crippen LogP contribution in [0, 0.1) is 5.92 Å². The van der Waals surface area contributed by atoms with Gasteiger partial charge in [0.2, 0.25) is 0 Å². The summed E-state index contributed by atoms with van der Waals surface area (Å²) in [5, 5.41) is 9.31. The lowest BCUT2D eigenvalue weighted by atomic mass is 9.57. The third-order valence-corrected chi connectivity index (χ3v) is 3.48. The maximum atomic E-state index is 11.3. The molecule has 1 N–H and O–H groups in total. The molecule has 1 aliphatic carbocycles. The normalized spacial score (nSPS) is 30.8. The summed E-state index contributed by atoms with van der Waals surface area (Å²) >= 11 is 0. The molecule has 1 aromatic rings. The first-order chi connectivity index (χ1) is 6.68. The van der Waals surface area contributed by atoms with E-state index in [0.29, 0.717) is 0 Å². The average Bonchev–Trinajstić information content (AvgIpc) is 2.17. The van der Waals surface area contributed by atoms with Crippen molar-refractivity contribution in [2.75, 3.05) is 0 Å². The molecule has 0 saturated heterocycles. The number of hydrogen-bond donors (Lipinski definition) is 1. The lowest BCUT2D eigenvalue weighted by Gasteiger charge is -2.44. The minimum Gasteiger partial charge on any atom is -0.481 e. The van der Waals surface area contributed by atoms with E-state index in [1.807, 2.05) is 37.3 Å². The van der Waals surface area contributed by atoms with Crippen LogP contribution in [0.5, 0.6) is 0 Å². The topological polar surface area (TPSA) is 37.3 Å². The summed E-state index contributed by atoms with van der Waals surface area (Å²) in [7, 11) is 0. The highest BCUT2D eigenvalue weighted by Crippen LogP contribution is 2.48. The molecule has 14 heavy (non-hydrogen) atoms. The molecule has 2 nitrogen and oxygen atoms in total. The number of aliphatic carboxylic acids is 1. The molecule has 2 atom stereocenters. The molecule has 0 heterocycles. The van der Waals surface area contributed by atoms with Crippen molar-refractivity contribution in [3.05, 3.63) is 35.9 Å². The van der Waals surface area contributed by atoms with E-state index >= 15 is 0 Å². The number of carbonyl (C=O) groups is 1. The van der Waals surface area contributed by atoms with Gasteiger partial charge in [0.1, 0.15) is 0 Å². The summed E-state index contributed by atoms with van der Waals surface area (Å²) in [6, 6.07) is 9.58. The predicted octanol–water partition coefficient (Wildman–Crippen LogP) is 2.44. The Bertz CT molecular complexity index is 345. The van der Waals surface area contributed by atoms with Gasteiger partial charge in [0.05, 0.1) is 5.41 Å². The average molecular weight is 190 g/mol. The van der Waals surface area contributed by atoms with Gasteiger partial charge in [-0.3, -0.25) is 4.79 Å². The summed E-state index contributed by atoms with van der Waals surface area (Å²) in [4.78, 5) is 11.3. The maximum Gasteiger partial charge on any atom is 0.314 e. The minimum absolute atomic E-state index is 0.252. The summed E-state index contributed by atoms with van der Waals surface area (Å²) in [6.07, 6.45) is 1.79. The standard InChI is InChI=1S/C12H14O2/c1-9-7-8-12(9,11(13)14)10-5-3-2-4-6-10/h2-6,9H,7-8H2,1H3,(H,13,14)/t9-,12+/m1/s1. The Morgan fingerprint density at radius 2 is 2.07 bits per heavy atom. The van der Waals surface area contributed by atoms with Crippen LogP contribution in [0.25, 0.3) is 0 Å². The third kappa shape index (κ3) is 1.07. The Hall–Kier alpha value is -1.31. The van der Waals surface area contributed by atoms with Gasteiger partial charge in [-0.1, -0.05) is 37.3 Å². The van der Waals surface area contributed by atoms with Gasteiger partial charge in [0.25, 0.3) is 0 Å². The third-order valence-electron chi connectivity index (χ3n) is 3.48. The predicted molar refractivity (Wildman–Crippen MR) is 54.2 cm³/mol. The summed E-state index contributed by atoms with van der Waals surface area (Å²) in [5.74, 6) is -0.426. The first kappa shape index (κ1) is 9.25. The zero-order valence-corrected chi connectivity index (χ0v) is 8.23. The van der Waals surface area contributed by atoms with Crippen LogP contribution in [0.15, 0.2) is 30.3 Å². The van der Waals surface area contributed by atoms with Crippen molar-refractivity contribution >= 4 is 5.97 Å². The van der Waals surface area contributed by atoms with Gasteiger partial charge in [0.15, 0.2) is 0 Å². The van der Waals surface area contributed by atoms with Crippen molar-refractivity contribution in [1.29, 1.82) is 0 Å². The van der Waals surface area contributed by atoms with Crippen LogP contribution in [0.3, 0.4) is 0 Å². The van der Waals surface area contributed by atoms with E-state index < -0.39 is 11.4 Å². The van der Waals surface area contributed by atoms with Crippen molar-refractivity contribution < 1.29 is 9.90 Å². The zero-order valence-electron chi connectivity index (χ0n) is 8.23. The maximum absolute atomic E-state index is 11.3. The highest BCUT2D eigenvalue weighted by Gasteiger charge is 2.51.